The molecule has 2 N–H and O–H groups in total. The zero-order valence-electron chi connectivity index (χ0n) is 10.6. The average Bonchev–Trinajstić information content (AvgIpc) is 2.39. The zero-order valence-corrected chi connectivity index (χ0v) is 10.6. The molecule has 0 aliphatic heterocycles. The lowest BCUT2D eigenvalue weighted by Gasteiger charge is -2.34. The Kier molecular flexibility index (Phi) is 3.81. The highest BCUT2D eigenvalue weighted by atomic mass is 16.6. The van der Waals surface area contributed by atoms with E-state index in [2.05, 4.69) is 4.90 Å². The topological polar surface area (TPSA) is 72.4 Å². The summed E-state index contributed by atoms with van der Waals surface area (Å²) in [7, 11) is 2.00. The van der Waals surface area contributed by atoms with Gasteiger partial charge in [0.05, 0.1) is 4.92 Å². The molecule has 0 bridgehead atoms. The quantitative estimate of drug-likeness (QED) is 0.659. The molecule has 18 heavy (non-hydrogen) atoms. The average molecular weight is 249 g/mol. The molecule has 0 spiro atoms. The predicted octanol–water partition coefficient (Wildman–Crippen LogP) is 2.30. The second kappa shape index (κ2) is 5.35. The molecule has 2 rings (SSSR count). The van der Waals surface area contributed by atoms with Crippen molar-refractivity contribution in [3.63, 3.8) is 0 Å². The van der Waals surface area contributed by atoms with Crippen LogP contribution in [0.3, 0.4) is 0 Å². The fraction of sp³-hybridized carbons (Fsp3) is 0.538. The van der Waals surface area contributed by atoms with Gasteiger partial charge in [-0.2, -0.15) is 0 Å². The van der Waals surface area contributed by atoms with Crippen LogP contribution in [-0.4, -0.2) is 24.1 Å². The summed E-state index contributed by atoms with van der Waals surface area (Å²) >= 11 is 0. The van der Waals surface area contributed by atoms with Crippen molar-refractivity contribution in [1.29, 1.82) is 0 Å². The van der Waals surface area contributed by atoms with Gasteiger partial charge in [-0.05, 0) is 31.7 Å². The van der Waals surface area contributed by atoms with Gasteiger partial charge in [0.25, 0.3) is 5.69 Å². The Balaban J connectivity index is 2.10. The fourth-order valence-corrected chi connectivity index (χ4v) is 2.53. The first-order chi connectivity index (χ1) is 8.58. The first-order valence-corrected chi connectivity index (χ1v) is 6.31. The second-order valence-corrected chi connectivity index (χ2v) is 4.96. The lowest BCUT2D eigenvalue weighted by atomic mass is 9.91. The Morgan fingerprint density at radius 1 is 1.33 bits per heavy atom. The third-order valence-electron chi connectivity index (χ3n) is 3.74. The van der Waals surface area contributed by atoms with Gasteiger partial charge < -0.3 is 10.6 Å². The summed E-state index contributed by atoms with van der Waals surface area (Å²) in [5.41, 5.74) is 6.94. The zero-order chi connectivity index (χ0) is 13.1. The van der Waals surface area contributed by atoms with Gasteiger partial charge in [-0.25, -0.2) is 0 Å². The predicted molar refractivity (Wildman–Crippen MR) is 71.7 cm³/mol. The highest BCUT2D eigenvalue weighted by Gasteiger charge is 2.22. The van der Waals surface area contributed by atoms with Crippen molar-refractivity contribution in [3.8, 4) is 0 Å². The fourth-order valence-electron chi connectivity index (χ4n) is 2.53. The molecule has 0 atom stereocenters. The van der Waals surface area contributed by atoms with Crippen molar-refractivity contribution < 1.29 is 4.92 Å². The highest BCUT2D eigenvalue weighted by Crippen LogP contribution is 2.27. The molecule has 0 heterocycles. The number of nitro benzene ring substituents is 1. The summed E-state index contributed by atoms with van der Waals surface area (Å²) in [4.78, 5) is 12.6. The summed E-state index contributed by atoms with van der Waals surface area (Å²) in [6.07, 6.45) is 4.18. The van der Waals surface area contributed by atoms with Crippen molar-refractivity contribution in [3.05, 3.63) is 34.4 Å². The number of non-ortho nitro benzene ring substituents is 1. The van der Waals surface area contributed by atoms with Crippen LogP contribution in [-0.2, 0) is 0 Å². The summed E-state index contributed by atoms with van der Waals surface area (Å²) in [5.74, 6) is 0. The Morgan fingerprint density at radius 3 is 2.61 bits per heavy atom. The largest absolute Gasteiger partial charge is 0.371 e. The molecule has 5 nitrogen and oxygen atoms in total. The molecule has 98 valence electrons. The van der Waals surface area contributed by atoms with Crippen LogP contribution in [0.5, 0.6) is 0 Å². The molecular formula is C13H19N3O2. The van der Waals surface area contributed by atoms with E-state index in [1.807, 2.05) is 13.1 Å². The number of anilines is 1. The lowest BCUT2D eigenvalue weighted by molar-refractivity contribution is -0.384. The second-order valence-electron chi connectivity index (χ2n) is 4.96. The van der Waals surface area contributed by atoms with E-state index >= 15 is 0 Å². The number of hydrogen-bond acceptors (Lipinski definition) is 4. The van der Waals surface area contributed by atoms with E-state index < -0.39 is 0 Å². The van der Waals surface area contributed by atoms with E-state index in [4.69, 9.17) is 5.73 Å². The van der Waals surface area contributed by atoms with Crippen LogP contribution in [0.4, 0.5) is 11.4 Å². The van der Waals surface area contributed by atoms with Crippen molar-refractivity contribution in [2.45, 2.75) is 37.8 Å². The lowest BCUT2D eigenvalue weighted by Crippen LogP contribution is -2.38. The van der Waals surface area contributed by atoms with E-state index in [1.165, 1.54) is 6.07 Å². The van der Waals surface area contributed by atoms with Gasteiger partial charge in [-0.15, -0.1) is 0 Å². The molecule has 0 radical (unpaired) electrons. The molecule has 1 aromatic carbocycles. The van der Waals surface area contributed by atoms with Crippen LogP contribution in [0.15, 0.2) is 24.3 Å². The first-order valence-electron chi connectivity index (χ1n) is 6.31. The van der Waals surface area contributed by atoms with Crippen LogP contribution in [0, 0.1) is 10.1 Å². The molecule has 1 aliphatic rings. The number of nitrogens with two attached hydrogens (primary N) is 1. The van der Waals surface area contributed by atoms with Crippen molar-refractivity contribution in [2.75, 3.05) is 11.9 Å². The van der Waals surface area contributed by atoms with Crippen LogP contribution >= 0.6 is 0 Å². The molecule has 0 aromatic heterocycles. The summed E-state index contributed by atoms with van der Waals surface area (Å²) in [6, 6.07) is 7.56. The maximum atomic E-state index is 10.8. The number of nitro groups is 1. The number of benzene rings is 1. The normalized spacial score (nSPS) is 23.7. The molecule has 5 heteroatoms. The summed E-state index contributed by atoms with van der Waals surface area (Å²) in [5, 5.41) is 10.8. The van der Waals surface area contributed by atoms with Gasteiger partial charge in [-0.3, -0.25) is 10.1 Å². The van der Waals surface area contributed by atoms with Gasteiger partial charge >= 0.3 is 0 Å². The van der Waals surface area contributed by atoms with Crippen LogP contribution in [0.1, 0.15) is 25.7 Å². The van der Waals surface area contributed by atoms with E-state index in [9.17, 15) is 10.1 Å². The monoisotopic (exact) mass is 249 g/mol. The Morgan fingerprint density at radius 2 is 2.00 bits per heavy atom. The maximum absolute atomic E-state index is 10.8. The van der Waals surface area contributed by atoms with Gasteiger partial charge in [-0.1, -0.05) is 6.07 Å². The van der Waals surface area contributed by atoms with E-state index in [0.29, 0.717) is 12.1 Å². The van der Waals surface area contributed by atoms with Gasteiger partial charge in [0.2, 0.25) is 0 Å². The number of hydrogen-bond donors (Lipinski definition) is 1. The summed E-state index contributed by atoms with van der Waals surface area (Å²) < 4.78 is 0. The smallest absolute Gasteiger partial charge is 0.271 e. The van der Waals surface area contributed by atoms with Crippen LogP contribution < -0.4 is 10.6 Å². The maximum Gasteiger partial charge on any atom is 0.271 e. The summed E-state index contributed by atoms with van der Waals surface area (Å²) in [6.45, 7) is 0. The Hall–Kier alpha value is -1.62. The molecule has 0 unspecified atom stereocenters. The molecule has 1 saturated carbocycles. The minimum atomic E-state index is -0.353. The molecule has 1 aliphatic carbocycles. The highest BCUT2D eigenvalue weighted by molar-refractivity contribution is 5.53. The molecular weight excluding hydrogens is 230 g/mol. The van der Waals surface area contributed by atoms with E-state index in [0.717, 1.165) is 31.4 Å². The van der Waals surface area contributed by atoms with E-state index in [-0.39, 0.29) is 10.6 Å². The first kappa shape index (κ1) is 12.8. The number of rotatable bonds is 3. The minimum absolute atomic E-state index is 0.145. The van der Waals surface area contributed by atoms with Crippen molar-refractivity contribution >= 4 is 11.4 Å². The van der Waals surface area contributed by atoms with Crippen molar-refractivity contribution in [2.24, 2.45) is 5.73 Å². The van der Waals surface area contributed by atoms with Crippen LogP contribution in [0.2, 0.25) is 0 Å². The number of nitrogens with zero attached hydrogens (tertiary/aromatic N) is 2. The Bertz CT molecular complexity index is 428. The molecule has 0 amide bonds. The van der Waals surface area contributed by atoms with Crippen LogP contribution in [0.25, 0.3) is 0 Å². The standard InChI is InChI=1S/C13H19N3O2/c1-15(11-7-5-10(14)6-8-11)12-3-2-4-13(9-12)16(17)18/h2-4,9-11H,5-8,14H2,1H3. The third kappa shape index (κ3) is 2.79. The Labute approximate surface area is 107 Å². The SMILES string of the molecule is CN(c1cccc([N+](=O)[O-])c1)C1CCC(N)CC1. The van der Waals surface area contributed by atoms with Gasteiger partial charge in [0.15, 0.2) is 0 Å². The molecule has 0 saturated heterocycles. The van der Waals surface area contributed by atoms with Gasteiger partial charge in [0, 0.05) is 37.0 Å². The van der Waals surface area contributed by atoms with Crippen molar-refractivity contribution in [1.82, 2.24) is 0 Å². The molecule has 1 aromatic rings. The van der Waals surface area contributed by atoms with Gasteiger partial charge in [0.1, 0.15) is 0 Å². The molecule has 1 fully saturated rings. The third-order valence-corrected chi connectivity index (χ3v) is 3.74. The van der Waals surface area contributed by atoms with E-state index in [1.54, 1.807) is 12.1 Å². The minimum Gasteiger partial charge on any atom is -0.371 e.